The topological polar surface area (TPSA) is 104 Å². The van der Waals surface area contributed by atoms with Crippen LogP contribution in [0.3, 0.4) is 0 Å². The molecule has 0 heterocycles. The molecule has 6 nitrogen and oxygen atoms in total. The maximum atomic E-state index is 13.9. The number of nitrogens with one attached hydrogen (secondary N) is 1. The minimum Gasteiger partial charge on any atom is -0.507 e. The number of benzene rings is 3. The third-order valence-corrected chi connectivity index (χ3v) is 5.04. The van der Waals surface area contributed by atoms with Crippen LogP contribution in [0.2, 0.25) is 0 Å². The van der Waals surface area contributed by atoms with Crippen LogP contribution in [0.5, 0.6) is 5.75 Å². The number of halogens is 1. The standard InChI is InChI=1S/C17H12FNO5S/c18-14-7-8-16(12-4-2-1-3-11(12)14)25(23,24)19-10-5-6-13(17(21)22)15(20)9-10/h1-9,19-20H,(H,21,22). The monoisotopic (exact) mass is 361 g/mol. The molecular weight excluding hydrogens is 349 g/mol. The zero-order valence-electron chi connectivity index (χ0n) is 12.6. The van der Waals surface area contributed by atoms with Crippen molar-refractivity contribution in [2.24, 2.45) is 0 Å². The van der Waals surface area contributed by atoms with E-state index >= 15 is 0 Å². The molecule has 0 aliphatic rings. The second kappa shape index (κ2) is 6.06. The van der Waals surface area contributed by atoms with Crippen molar-refractivity contribution in [1.82, 2.24) is 0 Å². The van der Waals surface area contributed by atoms with E-state index < -0.39 is 27.6 Å². The number of hydrogen-bond acceptors (Lipinski definition) is 4. The van der Waals surface area contributed by atoms with E-state index in [9.17, 15) is 22.7 Å². The van der Waals surface area contributed by atoms with Crippen molar-refractivity contribution in [3.8, 4) is 5.75 Å². The molecule has 3 N–H and O–H groups in total. The summed E-state index contributed by atoms with van der Waals surface area (Å²) >= 11 is 0. The molecule has 0 radical (unpaired) electrons. The Morgan fingerprint density at radius 1 is 1.00 bits per heavy atom. The number of aromatic hydroxyl groups is 1. The molecule has 0 saturated heterocycles. The number of anilines is 1. The molecule has 0 fully saturated rings. The van der Waals surface area contributed by atoms with Crippen LogP contribution >= 0.6 is 0 Å². The molecule has 0 atom stereocenters. The van der Waals surface area contributed by atoms with Gasteiger partial charge in [0.15, 0.2) is 0 Å². The Hall–Kier alpha value is -3.13. The van der Waals surface area contributed by atoms with Gasteiger partial charge in [-0.3, -0.25) is 4.72 Å². The van der Waals surface area contributed by atoms with Gasteiger partial charge in [0.2, 0.25) is 0 Å². The van der Waals surface area contributed by atoms with Crippen LogP contribution in [-0.2, 0) is 10.0 Å². The molecule has 0 aromatic heterocycles. The lowest BCUT2D eigenvalue weighted by Gasteiger charge is -2.12. The molecule has 128 valence electrons. The third-order valence-electron chi connectivity index (χ3n) is 3.60. The number of carbonyl (C=O) groups is 1. The molecule has 8 heteroatoms. The van der Waals surface area contributed by atoms with E-state index in [-0.39, 0.29) is 26.9 Å². The first kappa shape index (κ1) is 16.7. The van der Waals surface area contributed by atoms with E-state index in [0.717, 1.165) is 24.3 Å². The van der Waals surface area contributed by atoms with Gasteiger partial charge in [-0.05, 0) is 24.3 Å². The largest absolute Gasteiger partial charge is 0.507 e. The van der Waals surface area contributed by atoms with Crippen molar-refractivity contribution in [2.45, 2.75) is 4.90 Å². The molecular formula is C17H12FNO5S. The summed E-state index contributed by atoms with van der Waals surface area (Å²) in [6.07, 6.45) is 0. The highest BCUT2D eigenvalue weighted by atomic mass is 32.2. The minimum atomic E-state index is -4.08. The number of aromatic carboxylic acids is 1. The van der Waals surface area contributed by atoms with Crippen molar-refractivity contribution < 1.29 is 27.8 Å². The Labute approximate surface area is 142 Å². The summed E-state index contributed by atoms with van der Waals surface area (Å²) < 4.78 is 41.4. The first-order chi connectivity index (χ1) is 11.8. The van der Waals surface area contributed by atoms with E-state index in [1.807, 2.05) is 0 Å². The van der Waals surface area contributed by atoms with Gasteiger partial charge in [0.05, 0.1) is 10.6 Å². The number of hydrogen-bond donors (Lipinski definition) is 3. The third kappa shape index (κ3) is 3.11. The first-order valence-electron chi connectivity index (χ1n) is 7.06. The van der Waals surface area contributed by atoms with Crippen LogP contribution in [0.4, 0.5) is 10.1 Å². The molecule has 3 aromatic rings. The van der Waals surface area contributed by atoms with E-state index in [1.54, 1.807) is 12.1 Å². The fourth-order valence-electron chi connectivity index (χ4n) is 2.46. The fourth-order valence-corrected chi connectivity index (χ4v) is 3.72. The lowest BCUT2D eigenvalue weighted by Crippen LogP contribution is -2.14. The zero-order valence-corrected chi connectivity index (χ0v) is 13.4. The first-order valence-corrected chi connectivity index (χ1v) is 8.54. The van der Waals surface area contributed by atoms with Gasteiger partial charge in [-0.2, -0.15) is 0 Å². The summed E-state index contributed by atoms with van der Waals surface area (Å²) in [5, 5.41) is 18.9. The number of sulfonamides is 1. The summed E-state index contributed by atoms with van der Waals surface area (Å²) in [6.45, 7) is 0. The number of phenols is 1. The average Bonchev–Trinajstić information content (AvgIpc) is 2.54. The highest BCUT2D eigenvalue weighted by molar-refractivity contribution is 7.93. The van der Waals surface area contributed by atoms with Gasteiger partial charge in [-0.15, -0.1) is 0 Å². The molecule has 0 amide bonds. The van der Waals surface area contributed by atoms with Crippen LogP contribution in [0.1, 0.15) is 10.4 Å². The van der Waals surface area contributed by atoms with Gasteiger partial charge >= 0.3 is 5.97 Å². The number of fused-ring (bicyclic) bond motifs is 1. The Kier molecular flexibility index (Phi) is 4.05. The van der Waals surface area contributed by atoms with E-state index in [2.05, 4.69) is 4.72 Å². The van der Waals surface area contributed by atoms with E-state index in [4.69, 9.17) is 5.11 Å². The Bertz CT molecular complexity index is 1100. The average molecular weight is 361 g/mol. The zero-order chi connectivity index (χ0) is 18.2. The molecule has 0 spiro atoms. The SMILES string of the molecule is O=C(O)c1ccc(NS(=O)(=O)c2ccc(F)c3ccccc23)cc1O. The summed E-state index contributed by atoms with van der Waals surface area (Å²) in [5.41, 5.74) is -0.369. The molecule has 0 bridgehead atoms. The summed E-state index contributed by atoms with van der Waals surface area (Å²) in [6, 6.07) is 11.6. The molecule has 25 heavy (non-hydrogen) atoms. The van der Waals surface area contributed by atoms with Gasteiger partial charge in [0.25, 0.3) is 10.0 Å². The normalized spacial score (nSPS) is 11.4. The number of rotatable bonds is 4. The van der Waals surface area contributed by atoms with Crippen LogP contribution in [0.25, 0.3) is 10.8 Å². The second-order valence-corrected chi connectivity index (χ2v) is 6.88. The van der Waals surface area contributed by atoms with E-state index in [0.29, 0.717) is 0 Å². The maximum Gasteiger partial charge on any atom is 0.339 e. The number of carboxylic acids is 1. The smallest absolute Gasteiger partial charge is 0.339 e. The lowest BCUT2D eigenvalue weighted by molar-refractivity contribution is 0.0694. The molecule has 0 aliphatic heterocycles. The van der Waals surface area contributed by atoms with Crippen LogP contribution in [0, 0.1) is 5.82 Å². The molecule has 0 aliphatic carbocycles. The minimum absolute atomic E-state index is 0.0177. The Balaban J connectivity index is 2.05. The summed E-state index contributed by atoms with van der Waals surface area (Å²) in [7, 11) is -4.08. The van der Waals surface area contributed by atoms with Gasteiger partial charge in [-0.1, -0.05) is 24.3 Å². The molecule has 0 unspecified atom stereocenters. The van der Waals surface area contributed by atoms with Crippen LogP contribution in [-0.4, -0.2) is 24.6 Å². The van der Waals surface area contributed by atoms with Gasteiger partial charge in [-0.25, -0.2) is 17.6 Å². The van der Waals surface area contributed by atoms with Crippen LogP contribution in [0.15, 0.2) is 59.5 Å². The second-order valence-electron chi connectivity index (χ2n) is 5.23. The summed E-state index contributed by atoms with van der Waals surface area (Å²) in [5.74, 6) is -2.45. The van der Waals surface area contributed by atoms with E-state index in [1.165, 1.54) is 18.2 Å². The summed E-state index contributed by atoms with van der Waals surface area (Å²) in [4.78, 5) is 10.8. The van der Waals surface area contributed by atoms with Gasteiger partial charge in [0.1, 0.15) is 17.1 Å². The Morgan fingerprint density at radius 2 is 1.68 bits per heavy atom. The van der Waals surface area contributed by atoms with Gasteiger partial charge < -0.3 is 10.2 Å². The van der Waals surface area contributed by atoms with Crippen molar-refractivity contribution in [1.29, 1.82) is 0 Å². The predicted octanol–water partition coefficient (Wildman–Crippen LogP) is 3.18. The van der Waals surface area contributed by atoms with Crippen molar-refractivity contribution >= 4 is 32.5 Å². The van der Waals surface area contributed by atoms with Crippen molar-refractivity contribution in [3.63, 3.8) is 0 Å². The Morgan fingerprint density at radius 3 is 2.32 bits per heavy atom. The predicted molar refractivity (Wildman–Crippen MR) is 89.8 cm³/mol. The van der Waals surface area contributed by atoms with Crippen molar-refractivity contribution in [3.05, 3.63) is 66.0 Å². The quantitative estimate of drug-likeness (QED) is 0.662. The van der Waals surface area contributed by atoms with Gasteiger partial charge in [0, 0.05) is 16.8 Å². The fraction of sp³-hybridized carbons (Fsp3) is 0. The van der Waals surface area contributed by atoms with Crippen LogP contribution < -0.4 is 4.72 Å². The molecule has 0 saturated carbocycles. The van der Waals surface area contributed by atoms with Crippen molar-refractivity contribution in [2.75, 3.05) is 4.72 Å². The molecule has 3 rings (SSSR count). The highest BCUT2D eigenvalue weighted by Gasteiger charge is 2.20. The highest BCUT2D eigenvalue weighted by Crippen LogP contribution is 2.28. The lowest BCUT2D eigenvalue weighted by atomic mass is 10.1. The number of carboxylic acid groups (broad SMARTS) is 1. The molecule has 3 aromatic carbocycles. The maximum absolute atomic E-state index is 13.9.